The third-order valence-corrected chi connectivity index (χ3v) is 8.42. The lowest BCUT2D eigenvalue weighted by atomic mass is 9.93. The summed E-state index contributed by atoms with van der Waals surface area (Å²) in [6.45, 7) is 6.08. The number of hydrogen-bond donors (Lipinski definition) is 0. The maximum absolute atomic E-state index is 14.1. The third-order valence-electron chi connectivity index (χ3n) is 7.43. The van der Waals surface area contributed by atoms with E-state index in [1.165, 1.54) is 24.0 Å². The van der Waals surface area contributed by atoms with Crippen molar-refractivity contribution in [2.75, 3.05) is 7.11 Å². The number of thiazole rings is 1. The Morgan fingerprint density at radius 3 is 2.18 bits per heavy atom. The largest absolute Gasteiger partial charge is 0.466 e. The average Bonchev–Trinajstić information content (AvgIpc) is 3.25. The number of hydrogen-bond acceptors (Lipinski definition) is 5. The van der Waals surface area contributed by atoms with Crippen LogP contribution in [0.3, 0.4) is 0 Å². The Morgan fingerprint density at radius 2 is 1.59 bits per heavy atom. The molecule has 0 aliphatic carbocycles. The summed E-state index contributed by atoms with van der Waals surface area (Å²) in [4.78, 5) is 32.4. The zero-order valence-corrected chi connectivity index (χ0v) is 23.1. The van der Waals surface area contributed by atoms with Crippen LogP contribution in [0.15, 0.2) is 99.9 Å². The molecule has 0 N–H and O–H groups in total. The van der Waals surface area contributed by atoms with E-state index >= 15 is 0 Å². The first kappa shape index (κ1) is 25.0. The average molecular weight is 533 g/mol. The van der Waals surface area contributed by atoms with Gasteiger partial charge in [0.2, 0.25) is 0 Å². The molecule has 0 fully saturated rings. The van der Waals surface area contributed by atoms with Crippen LogP contribution >= 0.6 is 11.3 Å². The van der Waals surface area contributed by atoms with E-state index < -0.39 is 12.0 Å². The van der Waals surface area contributed by atoms with Gasteiger partial charge in [-0.1, -0.05) is 98.0 Å². The van der Waals surface area contributed by atoms with Crippen LogP contribution in [-0.2, 0) is 9.53 Å². The van der Waals surface area contributed by atoms with Crippen molar-refractivity contribution in [2.45, 2.75) is 32.7 Å². The first-order valence-electron chi connectivity index (χ1n) is 13.0. The van der Waals surface area contributed by atoms with Gasteiger partial charge in [-0.25, -0.2) is 9.79 Å². The Labute approximate surface area is 230 Å². The van der Waals surface area contributed by atoms with Gasteiger partial charge in [0.05, 0.1) is 29.0 Å². The number of aromatic nitrogens is 1. The molecule has 0 bridgehead atoms. The molecule has 0 saturated heterocycles. The summed E-state index contributed by atoms with van der Waals surface area (Å²) in [6.07, 6.45) is 1.98. The zero-order chi connectivity index (χ0) is 27.3. The molecule has 6 rings (SSSR count). The first-order valence-corrected chi connectivity index (χ1v) is 13.8. The highest BCUT2D eigenvalue weighted by molar-refractivity contribution is 7.07. The van der Waals surface area contributed by atoms with Gasteiger partial charge in [0, 0.05) is 0 Å². The molecule has 1 aliphatic rings. The highest BCUT2D eigenvalue weighted by Crippen LogP contribution is 2.32. The van der Waals surface area contributed by atoms with Gasteiger partial charge in [-0.2, -0.15) is 0 Å². The standard InChI is InChI=1S/C33H28N2O3S/c1-19(2)21-13-15-22(16-14-21)30-29(32(37)38-4)20(3)34-33-35(30)31(36)28(39-33)18-27-25-11-7-5-9-23(25)17-24-10-6-8-12-26(24)27/h5-19,30H,1-4H3/b28-18-/t30-/m1/s1. The van der Waals surface area contributed by atoms with E-state index in [0.717, 1.165) is 32.7 Å². The zero-order valence-electron chi connectivity index (χ0n) is 22.3. The van der Waals surface area contributed by atoms with E-state index in [-0.39, 0.29) is 5.56 Å². The first-order chi connectivity index (χ1) is 18.9. The number of methoxy groups -OCH3 is 1. The Hall–Kier alpha value is -4.29. The van der Waals surface area contributed by atoms with E-state index in [1.807, 2.05) is 42.5 Å². The molecule has 5 nitrogen and oxygen atoms in total. The van der Waals surface area contributed by atoms with Crippen molar-refractivity contribution in [1.82, 2.24) is 4.57 Å². The minimum atomic E-state index is -0.624. The molecule has 5 aromatic rings. The Morgan fingerprint density at radius 1 is 0.974 bits per heavy atom. The summed E-state index contributed by atoms with van der Waals surface area (Å²) in [6, 6.07) is 26.1. The summed E-state index contributed by atoms with van der Waals surface area (Å²) < 4.78 is 7.36. The third kappa shape index (κ3) is 4.21. The monoisotopic (exact) mass is 532 g/mol. The lowest BCUT2D eigenvalue weighted by molar-refractivity contribution is -0.136. The van der Waals surface area contributed by atoms with Crippen LogP contribution in [0, 0.1) is 0 Å². The second-order valence-corrected chi connectivity index (χ2v) is 11.1. The van der Waals surface area contributed by atoms with Crippen LogP contribution in [0.25, 0.3) is 27.6 Å². The number of fused-ring (bicyclic) bond motifs is 3. The van der Waals surface area contributed by atoms with Crippen LogP contribution in [0.1, 0.15) is 49.4 Å². The number of carbonyl (C=O) groups is 1. The number of esters is 1. The summed E-state index contributed by atoms with van der Waals surface area (Å²) in [5, 5.41) is 4.38. The summed E-state index contributed by atoms with van der Waals surface area (Å²) in [7, 11) is 1.36. The van der Waals surface area contributed by atoms with Gasteiger partial charge in [0.1, 0.15) is 0 Å². The van der Waals surface area contributed by atoms with Gasteiger partial charge < -0.3 is 4.74 Å². The fraction of sp³-hybridized carbons (Fsp3) is 0.182. The van der Waals surface area contributed by atoms with Gasteiger partial charge in [-0.15, -0.1) is 0 Å². The van der Waals surface area contributed by atoms with Gasteiger partial charge >= 0.3 is 5.97 Å². The number of nitrogens with zero attached hydrogens (tertiary/aromatic N) is 2. The molecule has 0 amide bonds. The fourth-order valence-electron chi connectivity index (χ4n) is 5.41. The van der Waals surface area contributed by atoms with Crippen LogP contribution in [0.5, 0.6) is 0 Å². The van der Waals surface area contributed by atoms with Gasteiger partial charge in [0.15, 0.2) is 4.80 Å². The summed E-state index contributed by atoms with van der Waals surface area (Å²) in [5.41, 5.74) is 3.79. The molecule has 1 aromatic heterocycles. The van der Waals surface area contributed by atoms with Crippen molar-refractivity contribution in [3.05, 3.63) is 127 Å². The lowest BCUT2D eigenvalue weighted by Crippen LogP contribution is -2.39. The smallest absolute Gasteiger partial charge is 0.338 e. The fourth-order valence-corrected chi connectivity index (χ4v) is 6.44. The second-order valence-electron chi connectivity index (χ2n) is 10.1. The molecule has 194 valence electrons. The minimum Gasteiger partial charge on any atom is -0.466 e. The molecule has 0 radical (unpaired) electrons. The van der Waals surface area contributed by atoms with Crippen molar-refractivity contribution in [3.63, 3.8) is 0 Å². The van der Waals surface area contributed by atoms with E-state index in [9.17, 15) is 9.59 Å². The maximum atomic E-state index is 14.1. The quantitative estimate of drug-likeness (QED) is 0.216. The molecule has 4 aromatic carbocycles. The van der Waals surface area contributed by atoms with Crippen LogP contribution in [0.4, 0.5) is 0 Å². The van der Waals surface area contributed by atoms with Gasteiger partial charge in [-0.3, -0.25) is 9.36 Å². The van der Waals surface area contributed by atoms with E-state index in [1.54, 1.807) is 11.5 Å². The molecule has 0 saturated carbocycles. The minimum absolute atomic E-state index is 0.178. The van der Waals surface area contributed by atoms with Crippen LogP contribution in [-0.4, -0.2) is 17.6 Å². The Bertz CT molecular complexity index is 1920. The SMILES string of the molecule is COC(=O)C1=C(C)N=c2s/c(=C\c3c4ccccc4cc4ccccc34)c(=O)n2[C@@H]1c1ccc(C(C)C)cc1. The molecule has 2 heterocycles. The summed E-state index contributed by atoms with van der Waals surface area (Å²) >= 11 is 1.35. The molecular formula is C33H28N2O3S. The van der Waals surface area contributed by atoms with Gasteiger partial charge in [0.25, 0.3) is 5.56 Å². The number of rotatable bonds is 4. The molecule has 0 spiro atoms. The van der Waals surface area contributed by atoms with Crippen LogP contribution in [0.2, 0.25) is 0 Å². The Kier molecular flexibility index (Phi) is 6.28. The number of carbonyl (C=O) groups excluding carboxylic acids is 1. The van der Waals surface area contributed by atoms with E-state index in [2.05, 4.69) is 56.3 Å². The van der Waals surface area contributed by atoms with E-state index in [4.69, 9.17) is 9.73 Å². The highest BCUT2D eigenvalue weighted by Gasteiger charge is 2.33. The summed E-state index contributed by atoms with van der Waals surface area (Å²) in [5.74, 6) is -0.113. The molecule has 1 atom stereocenters. The number of benzene rings is 4. The van der Waals surface area contributed by atoms with Crippen molar-refractivity contribution >= 4 is 44.9 Å². The number of ether oxygens (including phenoxy) is 1. The van der Waals surface area contributed by atoms with Crippen LogP contribution < -0.4 is 14.9 Å². The number of allylic oxidation sites excluding steroid dienone is 1. The van der Waals surface area contributed by atoms with Crippen molar-refractivity contribution < 1.29 is 9.53 Å². The highest BCUT2D eigenvalue weighted by atomic mass is 32.1. The van der Waals surface area contributed by atoms with Crippen molar-refractivity contribution in [3.8, 4) is 0 Å². The topological polar surface area (TPSA) is 60.7 Å². The predicted octanol–water partition coefficient (Wildman–Crippen LogP) is 5.84. The Balaban J connectivity index is 1.63. The molecule has 6 heteroatoms. The van der Waals surface area contributed by atoms with Crippen molar-refractivity contribution in [1.29, 1.82) is 0 Å². The molecule has 0 unspecified atom stereocenters. The predicted molar refractivity (Wildman–Crippen MR) is 158 cm³/mol. The second kappa shape index (κ2) is 9.79. The molecule has 39 heavy (non-hydrogen) atoms. The van der Waals surface area contributed by atoms with Gasteiger partial charge in [-0.05, 0) is 63.2 Å². The van der Waals surface area contributed by atoms with E-state index in [0.29, 0.717) is 26.5 Å². The van der Waals surface area contributed by atoms with Crippen molar-refractivity contribution in [2.24, 2.45) is 4.99 Å². The normalized spacial score (nSPS) is 15.6. The molecule has 1 aliphatic heterocycles. The maximum Gasteiger partial charge on any atom is 0.338 e. The lowest BCUT2D eigenvalue weighted by Gasteiger charge is -2.24. The molecular weight excluding hydrogens is 504 g/mol.